The molecule has 0 fully saturated rings. The summed E-state index contributed by atoms with van der Waals surface area (Å²) in [4.78, 5) is 4.91. The molecular formula is C27H25N2+. The van der Waals surface area contributed by atoms with E-state index in [1.807, 2.05) is 6.08 Å². The molecule has 2 heteroatoms. The monoisotopic (exact) mass is 377 g/mol. The molecular weight excluding hydrogens is 352 g/mol. The minimum Gasteiger partial charge on any atom is -0.253 e. The summed E-state index contributed by atoms with van der Waals surface area (Å²) in [6.45, 7) is 8.34. The van der Waals surface area contributed by atoms with Crippen LogP contribution < -0.4 is 4.57 Å². The summed E-state index contributed by atoms with van der Waals surface area (Å²) in [6, 6.07) is 24.3. The van der Waals surface area contributed by atoms with Crippen molar-refractivity contribution in [2.45, 2.75) is 31.2 Å². The van der Waals surface area contributed by atoms with Gasteiger partial charge < -0.3 is 0 Å². The minimum absolute atomic E-state index is 0.314. The Morgan fingerprint density at radius 3 is 2.55 bits per heavy atom. The van der Waals surface area contributed by atoms with Crippen LogP contribution in [-0.2, 0) is 6.42 Å². The molecule has 3 heterocycles. The Morgan fingerprint density at radius 1 is 0.931 bits per heavy atom. The fourth-order valence-corrected chi connectivity index (χ4v) is 4.99. The van der Waals surface area contributed by atoms with Crippen molar-refractivity contribution in [2.75, 3.05) is 0 Å². The molecule has 0 spiro atoms. The topological polar surface area (TPSA) is 16.2 Å². The molecule has 0 radical (unpaired) electrons. The number of fused-ring (bicyclic) bond motifs is 7. The molecule has 142 valence electrons. The molecule has 0 saturated carbocycles. The number of aromatic nitrogens is 1. The summed E-state index contributed by atoms with van der Waals surface area (Å²) in [5, 5.41) is 0. The smallest absolute Gasteiger partial charge is 0.213 e. The van der Waals surface area contributed by atoms with Crippen LogP contribution in [0.2, 0.25) is 0 Å². The first-order valence-electron chi connectivity index (χ1n) is 10.3. The van der Waals surface area contributed by atoms with Crippen LogP contribution in [0.25, 0.3) is 11.3 Å². The highest BCUT2D eigenvalue weighted by molar-refractivity contribution is 6.09. The van der Waals surface area contributed by atoms with E-state index in [4.69, 9.17) is 4.99 Å². The first kappa shape index (κ1) is 17.8. The number of hydrogen-bond acceptors (Lipinski definition) is 1. The highest BCUT2D eigenvalue weighted by Crippen LogP contribution is 2.43. The Kier molecular flexibility index (Phi) is 4.48. The van der Waals surface area contributed by atoms with Crippen LogP contribution in [0, 0.1) is 0 Å². The fourth-order valence-electron chi connectivity index (χ4n) is 4.99. The van der Waals surface area contributed by atoms with Crippen LogP contribution in [0.3, 0.4) is 0 Å². The van der Waals surface area contributed by atoms with Gasteiger partial charge in [0, 0.05) is 34.9 Å². The van der Waals surface area contributed by atoms with Crippen LogP contribution in [0.4, 0.5) is 0 Å². The third-order valence-corrected chi connectivity index (χ3v) is 6.28. The number of allylic oxidation sites excluding steroid dienone is 2. The molecule has 2 nitrogen and oxygen atoms in total. The first-order valence-corrected chi connectivity index (χ1v) is 10.3. The van der Waals surface area contributed by atoms with Crippen molar-refractivity contribution in [1.82, 2.24) is 0 Å². The lowest BCUT2D eigenvalue weighted by Crippen LogP contribution is -2.47. The average molecular weight is 378 g/mol. The van der Waals surface area contributed by atoms with Crippen molar-refractivity contribution in [3.8, 4) is 11.3 Å². The first-order chi connectivity index (χ1) is 14.3. The van der Waals surface area contributed by atoms with Crippen LogP contribution in [0.1, 0.15) is 41.5 Å². The van der Waals surface area contributed by atoms with Gasteiger partial charge in [-0.3, -0.25) is 4.99 Å². The van der Waals surface area contributed by atoms with Crippen molar-refractivity contribution in [3.05, 3.63) is 115 Å². The zero-order chi connectivity index (χ0) is 19.8. The van der Waals surface area contributed by atoms with Gasteiger partial charge in [-0.1, -0.05) is 55.6 Å². The van der Waals surface area contributed by atoms with Gasteiger partial charge in [-0.25, -0.2) is 0 Å². The summed E-state index contributed by atoms with van der Waals surface area (Å²) in [7, 11) is 0. The Bertz CT molecular complexity index is 1140. The molecule has 2 aliphatic rings. The summed E-state index contributed by atoms with van der Waals surface area (Å²) in [6.07, 6.45) is 7.03. The molecule has 0 amide bonds. The maximum Gasteiger partial charge on any atom is 0.213 e. The summed E-state index contributed by atoms with van der Waals surface area (Å²) >= 11 is 0. The molecule has 0 N–H and O–H groups in total. The van der Waals surface area contributed by atoms with E-state index >= 15 is 0 Å². The predicted molar refractivity (Wildman–Crippen MR) is 119 cm³/mol. The molecule has 5 rings (SSSR count). The molecule has 0 saturated heterocycles. The van der Waals surface area contributed by atoms with Gasteiger partial charge in [0.05, 0.1) is 12.1 Å². The van der Waals surface area contributed by atoms with Crippen molar-refractivity contribution in [2.24, 2.45) is 4.99 Å². The van der Waals surface area contributed by atoms with Gasteiger partial charge in [-0.15, -0.1) is 0 Å². The maximum absolute atomic E-state index is 4.91. The van der Waals surface area contributed by atoms with Gasteiger partial charge in [0.15, 0.2) is 12.2 Å². The third-order valence-electron chi connectivity index (χ3n) is 6.28. The Hall–Kier alpha value is -3.26. The summed E-state index contributed by atoms with van der Waals surface area (Å²) in [5.41, 5.74) is 8.43. The lowest BCUT2D eigenvalue weighted by Gasteiger charge is -2.31. The highest BCUT2D eigenvalue weighted by atomic mass is 15.0. The largest absolute Gasteiger partial charge is 0.253 e. The van der Waals surface area contributed by atoms with E-state index in [0.717, 1.165) is 30.7 Å². The SMILES string of the molecule is C=C/C1=N/C(=C)CC2C(CCc3ccccc31)c1ccccc1-c1cccc[n+]12. The number of aliphatic imine (C=N–C) groups is 1. The number of benzene rings is 2. The Morgan fingerprint density at radius 2 is 1.69 bits per heavy atom. The molecule has 1 aromatic heterocycles. The molecule has 0 bridgehead atoms. The van der Waals surface area contributed by atoms with Gasteiger partial charge in [0.2, 0.25) is 5.69 Å². The normalized spacial score (nSPS) is 22.2. The van der Waals surface area contributed by atoms with E-state index < -0.39 is 0 Å². The second kappa shape index (κ2) is 7.29. The zero-order valence-electron chi connectivity index (χ0n) is 16.6. The van der Waals surface area contributed by atoms with Gasteiger partial charge in [0.1, 0.15) is 0 Å². The van der Waals surface area contributed by atoms with Gasteiger partial charge in [0.25, 0.3) is 0 Å². The van der Waals surface area contributed by atoms with E-state index in [0.29, 0.717) is 12.0 Å². The van der Waals surface area contributed by atoms with E-state index in [-0.39, 0.29) is 0 Å². The number of pyridine rings is 1. The van der Waals surface area contributed by atoms with Gasteiger partial charge in [-0.2, -0.15) is 4.57 Å². The van der Waals surface area contributed by atoms with Crippen molar-refractivity contribution >= 4 is 5.71 Å². The van der Waals surface area contributed by atoms with Crippen LogP contribution in [0.5, 0.6) is 0 Å². The summed E-state index contributed by atoms with van der Waals surface area (Å²) < 4.78 is 2.44. The van der Waals surface area contributed by atoms with E-state index in [2.05, 4.69) is 90.7 Å². The number of nitrogens with zero attached hydrogens (tertiary/aromatic N) is 2. The Balaban J connectivity index is 1.68. The number of hydrogen-bond donors (Lipinski definition) is 0. The van der Waals surface area contributed by atoms with Gasteiger partial charge >= 0.3 is 0 Å². The van der Waals surface area contributed by atoms with Crippen molar-refractivity contribution in [1.29, 1.82) is 0 Å². The summed E-state index contributed by atoms with van der Waals surface area (Å²) in [5.74, 6) is 0.427. The fraction of sp³-hybridized carbons (Fsp3) is 0.185. The highest BCUT2D eigenvalue weighted by Gasteiger charge is 2.40. The van der Waals surface area contributed by atoms with Crippen LogP contribution in [-0.4, -0.2) is 5.71 Å². The molecule has 0 aliphatic carbocycles. The van der Waals surface area contributed by atoms with Crippen molar-refractivity contribution in [3.63, 3.8) is 0 Å². The van der Waals surface area contributed by atoms with E-state index in [1.165, 1.54) is 27.9 Å². The van der Waals surface area contributed by atoms with Gasteiger partial charge in [-0.05, 0) is 42.2 Å². The molecule has 2 aliphatic heterocycles. The standard InChI is InChI=1S/C27H25N2/c1-3-25-21-11-5-4-10-20(21)15-16-24-22-12-6-7-13-23(22)26-14-8-9-17-29(26)27(24)18-19(2)28-25/h3-14,17,24,27H,1-2,15-16,18H2/q+1/b28-25-. The predicted octanol–water partition coefficient (Wildman–Crippen LogP) is 5.80. The lowest BCUT2D eigenvalue weighted by molar-refractivity contribution is -0.718. The van der Waals surface area contributed by atoms with Crippen molar-refractivity contribution < 1.29 is 4.57 Å². The maximum atomic E-state index is 4.91. The average Bonchev–Trinajstić information content (AvgIpc) is 2.77. The lowest BCUT2D eigenvalue weighted by atomic mass is 9.77. The Labute approximate surface area is 172 Å². The second-order valence-electron chi connectivity index (χ2n) is 7.92. The van der Waals surface area contributed by atoms with Crippen LogP contribution >= 0.6 is 0 Å². The second-order valence-corrected chi connectivity index (χ2v) is 7.92. The number of aryl methyl sites for hydroxylation is 1. The number of rotatable bonds is 1. The van der Waals surface area contributed by atoms with E-state index in [9.17, 15) is 0 Å². The quantitative estimate of drug-likeness (QED) is 0.476. The van der Waals surface area contributed by atoms with E-state index in [1.54, 1.807) is 0 Å². The molecule has 29 heavy (non-hydrogen) atoms. The zero-order valence-corrected chi connectivity index (χ0v) is 16.6. The molecule has 2 aromatic carbocycles. The molecule has 2 unspecified atom stereocenters. The molecule has 3 aromatic rings. The third kappa shape index (κ3) is 3.05. The van der Waals surface area contributed by atoms with Crippen LogP contribution in [0.15, 0.2) is 103 Å². The minimum atomic E-state index is 0.314. The molecule has 2 atom stereocenters.